The molecule has 0 aromatic carbocycles. The van der Waals surface area contributed by atoms with E-state index in [1.807, 2.05) is 30.5 Å². The molecule has 0 bridgehead atoms. The molecule has 2 aromatic heterocycles. The van der Waals surface area contributed by atoms with Crippen LogP contribution in [-0.2, 0) is 4.79 Å². The number of carbonyl (C=O) groups is 1. The van der Waals surface area contributed by atoms with E-state index in [1.165, 1.54) is 4.88 Å². The molecule has 0 aliphatic rings. The molecule has 0 N–H and O–H groups in total. The lowest BCUT2D eigenvalue weighted by atomic mass is 10.3. The van der Waals surface area contributed by atoms with Crippen LogP contribution in [-0.4, -0.2) is 15.2 Å². The fourth-order valence-corrected chi connectivity index (χ4v) is 2.36. The number of imidazole rings is 1. The molecule has 2 aromatic rings. The lowest BCUT2D eigenvalue weighted by molar-refractivity contribution is -0.112. The van der Waals surface area contributed by atoms with E-state index in [0.717, 1.165) is 16.3 Å². The van der Waals surface area contributed by atoms with Gasteiger partial charge in [0.15, 0.2) is 10.7 Å². The fourth-order valence-electron chi connectivity index (χ4n) is 1.48. The predicted octanol–water partition coefficient (Wildman–Crippen LogP) is 2.61. The second-order valence-electron chi connectivity index (χ2n) is 3.52. The molecule has 0 amide bonds. The highest BCUT2D eigenvalue weighted by atomic mass is 32.1. The van der Waals surface area contributed by atoms with Gasteiger partial charge < -0.3 is 0 Å². The number of allylic oxidation sites excluding steroid dienone is 1. The first kappa shape index (κ1) is 10.1. The van der Waals surface area contributed by atoms with Gasteiger partial charge in [0.25, 0.3) is 0 Å². The Balaban J connectivity index is 2.57. The second kappa shape index (κ2) is 3.62. The highest BCUT2D eigenvalue weighted by Gasteiger charge is 2.08. The van der Waals surface area contributed by atoms with E-state index in [0.29, 0.717) is 0 Å². The molecule has 2 rings (SSSR count). The van der Waals surface area contributed by atoms with Crippen molar-refractivity contribution in [3.8, 4) is 0 Å². The van der Waals surface area contributed by atoms with Crippen molar-refractivity contribution in [2.75, 3.05) is 0 Å². The number of hydrogen-bond donors (Lipinski definition) is 0. The molecule has 0 spiro atoms. The van der Waals surface area contributed by atoms with E-state index in [4.69, 9.17) is 0 Å². The zero-order chi connectivity index (χ0) is 11.0. The SMILES string of the molecule is CC(=O)C=Cc1c(C)nc2sc(C)cn12. The Morgan fingerprint density at radius 1 is 1.53 bits per heavy atom. The minimum atomic E-state index is 0.0521. The number of thiazole rings is 1. The minimum absolute atomic E-state index is 0.0521. The molecule has 0 saturated carbocycles. The number of carbonyl (C=O) groups excluding carboxylic acids is 1. The second-order valence-corrected chi connectivity index (χ2v) is 4.73. The number of fused-ring (bicyclic) bond motifs is 1. The van der Waals surface area contributed by atoms with Crippen LogP contribution in [0.5, 0.6) is 0 Å². The number of rotatable bonds is 2. The van der Waals surface area contributed by atoms with Crippen LogP contribution in [0, 0.1) is 13.8 Å². The van der Waals surface area contributed by atoms with Crippen molar-refractivity contribution in [3.05, 3.63) is 28.5 Å². The summed E-state index contributed by atoms with van der Waals surface area (Å²) in [5, 5.41) is 0. The van der Waals surface area contributed by atoms with Gasteiger partial charge in [-0.25, -0.2) is 4.98 Å². The van der Waals surface area contributed by atoms with Crippen molar-refractivity contribution in [3.63, 3.8) is 0 Å². The molecule has 0 aliphatic carbocycles. The van der Waals surface area contributed by atoms with Crippen molar-refractivity contribution >= 4 is 28.2 Å². The predicted molar refractivity (Wildman–Crippen MR) is 62.3 cm³/mol. The van der Waals surface area contributed by atoms with Gasteiger partial charge in [-0.05, 0) is 32.9 Å². The average molecular weight is 220 g/mol. The number of hydrogen-bond acceptors (Lipinski definition) is 3. The Labute approximate surface area is 92.1 Å². The van der Waals surface area contributed by atoms with Crippen LogP contribution in [0.2, 0.25) is 0 Å². The van der Waals surface area contributed by atoms with Crippen LogP contribution < -0.4 is 0 Å². The molecule has 0 saturated heterocycles. The summed E-state index contributed by atoms with van der Waals surface area (Å²) in [7, 11) is 0. The van der Waals surface area contributed by atoms with Crippen molar-refractivity contribution < 1.29 is 4.79 Å². The number of aromatic nitrogens is 2. The molecular weight excluding hydrogens is 208 g/mol. The zero-order valence-electron chi connectivity index (χ0n) is 8.94. The Morgan fingerprint density at radius 2 is 2.27 bits per heavy atom. The number of aryl methyl sites for hydroxylation is 2. The van der Waals surface area contributed by atoms with Gasteiger partial charge in [-0.15, -0.1) is 11.3 Å². The van der Waals surface area contributed by atoms with Gasteiger partial charge in [0.1, 0.15) is 0 Å². The van der Waals surface area contributed by atoms with Crippen molar-refractivity contribution in [2.24, 2.45) is 0 Å². The smallest absolute Gasteiger partial charge is 0.194 e. The summed E-state index contributed by atoms with van der Waals surface area (Å²) in [5.74, 6) is 0.0521. The summed E-state index contributed by atoms with van der Waals surface area (Å²) in [6.45, 7) is 5.55. The molecule has 0 fully saturated rings. The summed E-state index contributed by atoms with van der Waals surface area (Å²) in [6, 6.07) is 0. The van der Waals surface area contributed by atoms with Crippen LogP contribution in [0.15, 0.2) is 12.3 Å². The van der Waals surface area contributed by atoms with Crippen LogP contribution in [0.25, 0.3) is 11.0 Å². The first-order chi connectivity index (χ1) is 7.08. The molecular formula is C11H12N2OS. The minimum Gasteiger partial charge on any atom is -0.295 e. The van der Waals surface area contributed by atoms with E-state index >= 15 is 0 Å². The maximum Gasteiger partial charge on any atom is 0.194 e. The van der Waals surface area contributed by atoms with Crippen molar-refractivity contribution in [2.45, 2.75) is 20.8 Å². The van der Waals surface area contributed by atoms with Gasteiger partial charge in [0.2, 0.25) is 0 Å². The Hall–Kier alpha value is -1.42. The lowest BCUT2D eigenvalue weighted by Crippen LogP contribution is -1.86. The van der Waals surface area contributed by atoms with E-state index in [2.05, 4.69) is 4.98 Å². The van der Waals surface area contributed by atoms with E-state index in [9.17, 15) is 4.79 Å². The Morgan fingerprint density at radius 3 is 2.93 bits per heavy atom. The van der Waals surface area contributed by atoms with Crippen LogP contribution >= 0.6 is 11.3 Å². The third-order valence-electron chi connectivity index (χ3n) is 2.14. The van der Waals surface area contributed by atoms with Crippen LogP contribution in [0.4, 0.5) is 0 Å². The van der Waals surface area contributed by atoms with Crippen LogP contribution in [0.3, 0.4) is 0 Å². The fraction of sp³-hybridized carbons (Fsp3) is 0.273. The third kappa shape index (κ3) is 1.85. The summed E-state index contributed by atoms with van der Waals surface area (Å²) in [5.41, 5.74) is 1.95. The third-order valence-corrected chi connectivity index (χ3v) is 3.04. The largest absolute Gasteiger partial charge is 0.295 e. The van der Waals surface area contributed by atoms with Gasteiger partial charge in [-0.2, -0.15) is 0 Å². The maximum atomic E-state index is 10.9. The zero-order valence-corrected chi connectivity index (χ0v) is 9.76. The van der Waals surface area contributed by atoms with Gasteiger partial charge in [-0.3, -0.25) is 9.20 Å². The number of nitrogens with zero attached hydrogens (tertiary/aromatic N) is 2. The van der Waals surface area contributed by atoms with Crippen molar-refractivity contribution in [1.82, 2.24) is 9.38 Å². The van der Waals surface area contributed by atoms with Crippen LogP contribution in [0.1, 0.15) is 23.2 Å². The summed E-state index contributed by atoms with van der Waals surface area (Å²) >= 11 is 1.65. The first-order valence-corrected chi connectivity index (χ1v) is 5.53. The molecule has 15 heavy (non-hydrogen) atoms. The summed E-state index contributed by atoms with van der Waals surface area (Å²) < 4.78 is 2.02. The average Bonchev–Trinajstić information content (AvgIpc) is 2.57. The topological polar surface area (TPSA) is 34.4 Å². The lowest BCUT2D eigenvalue weighted by Gasteiger charge is -1.91. The first-order valence-electron chi connectivity index (χ1n) is 4.71. The summed E-state index contributed by atoms with van der Waals surface area (Å²) in [4.78, 5) is 17.5. The molecule has 0 aliphatic heterocycles. The van der Waals surface area contributed by atoms with Gasteiger partial charge in [-0.1, -0.05) is 0 Å². The molecule has 0 unspecified atom stereocenters. The molecule has 4 heteroatoms. The van der Waals surface area contributed by atoms with Gasteiger partial charge in [0, 0.05) is 11.1 Å². The van der Waals surface area contributed by atoms with Crippen molar-refractivity contribution in [1.29, 1.82) is 0 Å². The highest BCUT2D eigenvalue weighted by molar-refractivity contribution is 7.17. The van der Waals surface area contributed by atoms with E-state index < -0.39 is 0 Å². The highest BCUT2D eigenvalue weighted by Crippen LogP contribution is 2.21. The van der Waals surface area contributed by atoms with E-state index in [1.54, 1.807) is 24.3 Å². The number of ketones is 1. The van der Waals surface area contributed by atoms with Gasteiger partial charge in [0.05, 0.1) is 11.4 Å². The monoisotopic (exact) mass is 220 g/mol. The Kier molecular flexibility index (Phi) is 2.44. The molecule has 0 radical (unpaired) electrons. The molecule has 78 valence electrons. The van der Waals surface area contributed by atoms with Gasteiger partial charge >= 0.3 is 0 Å². The Bertz CT molecular complexity index is 548. The summed E-state index contributed by atoms with van der Waals surface area (Å²) in [6.07, 6.45) is 5.44. The normalized spacial score (nSPS) is 11.7. The van der Waals surface area contributed by atoms with E-state index in [-0.39, 0.29) is 5.78 Å². The molecule has 0 atom stereocenters. The molecule has 3 nitrogen and oxygen atoms in total. The quantitative estimate of drug-likeness (QED) is 0.729. The molecule has 2 heterocycles. The standard InChI is InChI=1S/C11H12N2OS/c1-7(14)4-5-10-9(3)12-11-13(10)6-8(2)15-11/h4-6H,1-3H3. The maximum absolute atomic E-state index is 10.9.